The van der Waals surface area contributed by atoms with E-state index in [4.69, 9.17) is 4.74 Å². The Kier molecular flexibility index (Phi) is 6.82. The highest BCUT2D eigenvalue weighted by Crippen LogP contribution is 2.04. The number of alkyl halides is 2. The van der Waals surface area contributed by atoms with E-state index in [1.54, 1.807) is 4.68 Å². The molecule has 1 unspecified atom stereocenters. The second kappa shape index (κ2) is 8.16. The second-order valence-corrected chi connectivity index (χ2v) is 4.19. The van der Waals surface area contributed by atoms with Gasteiger partial charge in [-0.05, 0) is 19.0 Å². The van der Waals surface area contributed by atoms with E-state index < -0.39 is 13.0 Å². The molecule has 1 heterocycles. The molecule has 0 aliphatic heterocycles. The summed E-state index contributed by atoms with van der Waals surface area (Å²) >= 11 is 0. The van der Waals surface area contributed by atoms with Crippen molar-refractivity contribution in [3.05, 3.63) is 18.0 Å². The molecule has 1 N–H and O–H groups in total. The van der Waals surface area contributed by atoms with Gasteiger partial charge in [0.1, 0.15) is 6.61 Å². The zero-order chi connectivity index (χ0) is 13.4. The Morgan fingerprint density at radius 2 is 2.28 bits per heavy atom. The van der Waals surface area contributed by atoms with E-state index in [0.29, 0.717) is 13.0 Å². The first-order valence-electron chi connectivity index (χ1n) is 6.19. The largest absolute Gasteiger partial charge is 0.375 e. The summed E-state index contributed by atoms with van der Waals surface area (Å²) in [6.07, 6.45) is 0.994. The molecule has 1 aromatic heterocycles. The Bertz CT molecular complexity index is 331. The van der Waals surface area contributed by atoms with E-state index in [0.717, 1.165) is 18.7 Å². The Hall–Kier alpha value is -1.01. The molecule has 0 aromatic carbocycles. The van der Waals surface area contributed by atoms with Gasteiger partial charge in [-0.3, -0.25) is 4.68 Å². The van der Waals surface area contributed by atoms with E-state index in [2.05, 4.69) is 10.4 Å². The van der Waals surface area contributed by atoms with Crippen molar-refractivity contribution in [2.24, 2.45) is 7.05 Å². The summed E-state index contributed by atoms with van der Waals surface area (Å²) in [5.74, 6) is 0. The molecule has 0 amide bonds. The summed E-state index contributed by atoms with van der Waals surface area (Å²) < 4.78 is 30.5. The Morgan fingerprint density at radius 1 is 1.50 bits per heavy atom. The number of hydrogen-bond donors (Lipinski definition) is 1. The molecular weight excluding hydrogens is 240 g/mol. The maximum Gasteiger partial charge on any atom is 0.261 e. The summed E-state index contributed by atoms with van der Waals surface area (Å²) in [6.45, 7) is 2.72. The van der Waals surface area contributed by atoms with E-state index in [9.17, 15) is 8.78 Å². The van der Waals surface area contributed by atoms with Crippen LogP contribution in [0.4, 0.5) is 8.78 Å². The number of rotatable bonds is 9. The fourth-order valence-corrected chi connectivity index (χ4v) is 1.79. The van der Waals surface area contributed by atoms with Crippen molar-refractivity contribution in [3.8, 4) is 0 Å². The van der Waals surface area contributed by atoms with Gasteiger partial charge in [-0.25, -0.2) is 8.78 Å². The number of ether oxygens (including phenoxy) is 1. The van der Waals surface area contributed by atoms with Gasteiger partial charge >= 0.3 is 0 Å². The van der Waals surface area contributed by atoms with Gasteiger partial charge < -0.3 is 10.1 Å². The van der Waals surface area contributed by atoms with Crippen LogP contribution in [0.5, 0.6) is 0 Å². The van der Waals surface area contributed by atoms with Gasteiger partial charge in [0.2, 0.25) is 0 Å². The lowest BCUT2D eigenvalue weighted by Crippen LogP contribution is -2.32. The number of halogens is 2. The van der Waals surface area contributed by atoms with Gasteiger partial charge in [0.25, 0.3) is 6.43 Å². The second-order valence-electron chi connectivity index (χ2n) is 4.19. The lowest BCUT2D eigenvalue weighted by molar-refractivity contribution is 0.0144. The molecule has 0 saturated heterocycles. The number of hydrogen-bond acceptors (Lipinski definition) is 3. The van der Waals surface area contributed by atoms with Crippen LogP contribution in [-0.4, -0.2) is 42.0 Å². The molecule has 18 heavy (non-hydrogen) atoms. The molecule has 4 nitrogen and oxygen atoms in total. The van der Waals surface area contributed by atoms with Crippen LogP contribution in [0.15, 0.2) is 12.3 Å². The Labute approximate surface area is 106 Å². The predicted octanol–water partition coefficient (Wildman–Crippen LogP) is 1.61. The molecule has 0 radical (unpaired) electrons. The fraction of sp³-hybridized carbons (Fsp3) is 0.750. The maximum absolute atomic E-state index is 11.9. The maximum atomic E-state index is 11.9. The first kappa shape index (κ1) is 15.0. The van der Waals surface area contributed by atoms with Crippen LogP contribution in [0.3, 0.4) is 0 Å². The number of aromatic nitrogens is 2. The Balaban J connectivity index is 2.30. The minimum Gasteiger partial charge on any atom is -0.375 e. The van der Waals surface area contributed by atoms with Crippen molar-refractivity contribution < 1.29 is 13.5 Å². The molecule has 0 aliphatic rings. The van der Waals surface area contributed by atoms with Crippen LogP contribution >= 0.6 is 0 Å². The third-order valence-corrected chi connectivity index (χ3v) is 2.57. The molecule has 1 rings (SSSR count). The van der Waals surface area contributed by atoms with E-state index in [1.807, 2.05) is 26.2 Å². The third-order valence-electron chi connectivity index (χ3n) is 2.57. The third kappa shape index (κ3) is 6.07. The molecule has 6 heteroatoms. The summed E-state index contributed by atoms with van der Waals surface area (Å²) in [4.78, 5) is 0. The molecular formula is C12H21F2N3O. The average Bonchev–Trinajstić information content (AvgIpc) is 2.70. The molecule has 1 aromatic rings. The average molecular weight is 261 g/mol. The number of aryl methyl sites for hydroxylation is 1. The van der Waals surface area contributed by atoms with Crippen LogP contribution in [0.1, 0.15) is 19.0 Å². The smallest absolute Gasteiger partial charge is 0.261 e. The van der Waals surface area contributed by atoms with Gasteiger partial charge in [0.05, 0.1) is 5.69 Å². The van der Waals surface area contributed by atoms with Crippen LogP contribution in [-0.2, 0) is 18.2 Å². The number of nitrogens with zero attached hydrogens (tertiary/aromatic N) is 2. The van der Waals surface area contributed by atoms with Crippen molar-refractivity contribution in [2.75, 3.05) is 19.8 Å². The quantitative estimate of drug-likeness (QED) is 0.686. The highest BCUT2D eigenvalue weighted by molar-refractivity contribution is 5.01. The zero-order valence-electron chi connectivity index (χ0n) is 10.9. The molecule has 104 valence electrons. The SMILES string of the molecule is CCNC(CCOCC(F)F)Cc1ccn(C)n1. The first-order valence-corrected chi connectivity index (χ1v) is 6.19. The van der Waals surface area contributed by atoms with Gasteiger partial charge in [0.15, 0.2) is 0 Å². The van der Waals surface area contributed by atoms with Gasteiger partial charge in [-0.1, -0.05) is 6.92 Å². The molecule has 0 fully saturated rings. The lowest BCUT2D eigenvalue weighted by Gasteiger charge is -2.16. The summed E-state index contributed by atoms with van der Waals surface area (Å²) in [5, 5.41) is 7.62. The highest BCUT2D eigenvalue weighted by Gasteiger charge is 2.11. The molecule has 0 aliphatic carbocycles. The Morgan fingerprint density at radius 3 is 2.83 bits per heavy atom. The minimum atomic E-state index is -2.39. The van der Waals surface area contributed by atoms with E-state index in [1.165, 1.54) is 0 Å². The van der Waals surface area contributed by atoms with Crippen molar-refractivity contribution in [3.63, 3.8) is 0 Å². The van der Waals surface area contributed by atoms with Crippen LogP contribution in [0.2, 0.25) is 0 Å². The monoisotopic (exact) mass is 261 g/mol. The fourth-order valence-electron chi connectivity index (χ4n) is 1.79. The predicted molar refractivity (Wildman–Crippen MR) is 65.8 cm³/mol. The van der Waals surface area contributed by atoms with Gasteiger partial charge in [-0.2, -0.15) is 5.10 Å². The molecule has 1 atom stereocenters. The molecule has 0 spiro atoms. The summed E-state index contributed by atoms with van der Waals surface area (Å²) in [6, 6.07) is 2.17. The number of likely N-dealkylation sites (N-methyl/N-ethyl adjacent to an activating group) is 1. The van der Waals surface area contributed by atoms with Crippen molar-refractivity contribution in [1.29, 1.82) is 0 Å². The first-order chi connectivity index (χ1) is 8.61. The topological polar surface area (TPSA) is 39.1 Å². The van der Waals surface area contributed by atoms with Crippen LogP contribution < -0.4 is 5.32 Å². The van der Waals surface area contributed by atoms with Crippen LogP contribution in [0.25, 0.3) is 0 Å². The molecule has 0 saturated carbocycles. The zero-order valence-corrected chi connectivity index (χ0v) is 10.9. The summed E-state index contributed by atoms with van der Waals surface area (Å²) in [5.41, 5.74) is 0.998. The molecule has 0 bridgehead atoms. The van der Waals surface area contributed by atoms with Crippen LogP contribution in [0, 0.1) is 0 Å². The van der Waals surface area contributed by atoms with Crippen molar-refractivity contribution in [1.82, 2.24) is 15.1 Å². The number of nitrogens with one attached hydrogen (secondary N) is 1. The van der Waals surface area contributed by atoms with Gasteiger partial charge in [0, 0.05) is 32.3 Å². The summed E-state index contributed by atoms with van der Waals surface area (Å²) in [7, 11) is 1.87. The van der Waals surface area contributed by atoms with E-state index in [-0.39, 0.29) is 6.04 Å². The van der Waals surface area contributed by atoms with Crippen molar-refractivity contribution >= 4 is 0 Å². The van der Waals surface area contributed by atoms with Crippen molar-refractivity contribution in [2.45, 2.75) is 32.2 Å². The normalized spacial score (nSPS) is 13.2. The standard InChI is InChI=1S/C12H21F2N3O/c1-3-15-10(5-7-18-9-12(13)14)8-11-4-6-17(2)16-11/h4,6,10,12,15H,3,5,7-9H2,1-2H3. The lowest BCUT2D eigenvalue weighted by atomic mass is 10.1. The highest BCUT2D eigenvalue weighted by atomic mass is 19.3. The van der Waals surface area contributed by atoms with E-state index >= 15 is 0 Å². The van der Waals surface area contributed by atoms with Gasteiger partial charge in [-0.15, -0.1) is 0 Å². The minimum absolute atomic E-state index is 0.211.